The molecule has 0 aliphatic carbocycles. The second kappa shape index (κ2) is 14.0. The van der Waals surface area contributed by atoms with Crippen molar-refractivity contribution in [3.63, 3.8) is 0 Å². The van der Waals surface area contributed by atoms with E-state index < -0.39 is 0 Å². The first-order valence-corrected chi connectivity index (χ1v) is 21.3. The van der Waals surface area contributed by atoms with Gasteiger partial charge in [-0.3, -0.25) is 0 Å². The van der Waals surface area contributed by atoms with Gasteiger partial charge in [-0.1, -0.05) is 140 Å². The molecule has 0 fully saturated rings. The van der Waals surface area contributed by atoms with Gasteiger partial charge >= 0.3 is 0 Å². The van der Waals surface area contributed by atoms with Crippen LogP contribution in [0.3, 0.4) is 0 Å². The molecular weight excluding hydrogens is 794 g/mol. The average molecular weight is 826 g/mol. The summed E-state index contributed by atoms with van der Waals surface area (Å²) < 4.78 is 12.6. The van der Waals surface area contributed by atoms with Crippen LogP contribution >= 0.6 is 11.6 Å². The highest BCUT2D eigenvalue weighted by Gasteiger charge is 2.19. The van der Waals surface area contributed by atoms with Gasteiger partial charge in [0.1, 0.15) is 22.3 Å². The molecule has 3 aromatic heterocycles. The van der Waals surface area contributed by atoms with Gasteiger partial charge in [-0.2, -0.15) is 9.97 Å². The molecule has 13 rings (SSSR count). The number of benzene rings is 10. The monoisotopic (exact) mass is 825 g/mol. The van der Waals surface area contributed by atoms with E-state index in [0.29, 0.717) is 11.6 Å². The van der Waals surface area contributed by atoms with E-state index in [4.69, 9.17) is 25.4 Å². The topological polar surface area (TPSA) is 65.0 Å². The summed E-state index contributed by atoms with van der Waals surface area (Å²) >= 11 is 6.74. The highest BCUT2D eigenvalue weighted by molar-refractivity contribution is 6.28. The van der Waals surface area contributed by atoms with Crippen LogP contribution < -0.4 is 0 Å². The molecule has 0 unspecified atom stereocenters. The van der Waals surface area contributed by atoms with Crippen LogP contribution in [-0.2, 0) is 0 Å². The number of fused-ring (bicyclic) bond motifs is 12. The highest BCUT2D eigenvalue weighted by Crippen LogP contribution is 2.41. The Morgan fingerprint density at radius 1 is 0.286 bits per heavy atom. The Hall–Kier alpha value is -8.12. The molecule has 0 aliphatic rings. The van der Waals surface area contributed by atoms with Gasteiger partial charge in [0.05, 0.1) is 0 Å². The minimum atomic E-state index is 0.114. The van der Waals surface area contributed by atoms with Crippen LogP contribution in [0.5, 0.6) is 0 Å². The Bertz CT molecular complexity index is 3980. The molecule has 10 aromatic carbocycles. The van der Waals surface area contributed by atoms with E-state index in [1.54, 1.807) is 0 Å². The molecule has 5 nitrogen and oxygen atoms in total. The Labute approximate surface area is 365 Å². The third kappa shape index (κ3) is 5.82. The molecule has 0 spiro atoms. The normalized spacial score (nSPS) is 11.9. The fraction of sp³-hybridized carbons (Fsp3) is 0. The van der Waals surface area contributed by atoms with E-state index in [1.807, 2.05) is 54.6 Å². The molecule has 0 bridgehead atoms. The van der Waals surface area contributed by atoms with Crippen molar-refractivity contribution in [3.05, 3.63) is 199 Å². The lowest BCUT2D eigenvalue weighted by molar-refractivity contribution is 0.669. The van der Waals surface area contributed by atoms with E-state index >= 15 is 0 Å². The van der Waals surface area contributed by atoms with Gasteiger partial charge in [0.15, 0.2) is 11.6 Å². The molecule has 6 heteroatoms. The van der Waals surface area contributed by atoms with E-state index in [9.17, 15) is 0 Å². The van der Waals surface area contributed by atoms with Crippen molar-refractivity contribution in [1.29, 1.82) is 0 Å². The maximum Gasteiger partial charge on any atom is 0.226 e. The number of nitrogens with zero attached hydrogens (tertiary/aromatic N) is 3. The number of aromatic nitrogens is 3. The number of hydrogen-bond acceptors (Lipinski definition) is 5. The summed E-state index contributed by atoms with van der Waals surface area (Å²) in [5.74, 6) is 0.956. The van der Waals surface area contributed by atoms with Crippen LogP contribution in [0, 0.1) is 0 Å². The fourth-order valence-electron chi connectivity index (χ4n) is 9.50. The van der Waals surface area contributed by atoms with Crippen LogP contribution in [0.15, 0.2) is 203 Å². The van der Waals surface area contributed by atoms with Crippen LogP contribution in [0.2, 0.25) is 5.28 Å². The maximum absolute atomic E-state index is 6.74. The molecule has 294 valence electrons. The molecule has 63 heavy (non-hydrogen) atoms. The zero-order chi connectivity index (χ0) is 41.6. The Morgan fingerprint density at radius 2 is 0.746 bits per heavy atom. The van der Waals surface area contributed by atoms with Crippen molar-refractivity contribution >= 4 is 87.8 Å². The number of rotatable bonds is 5. The Kier molecular flexibility index (Phi) is 7.89. The lowest BCUT2D eigenvalue weighted by Gasteiger charge is -2.13. The van der Waals surface area contributed by atoms with Gasteiger partial charge in [0.2, 0.25) is 5.28 Å². The zero-order valence-corrected chi connectivity index (χ0v) is 34.3. The van der Waals surface area contributed by atoms with Crippen molar-refractivity contribution in [2.24, 2.45) is 0 Å². The van der Waals surface area contributed by atoms with Crippen LogP contribution in [-0.4, -0.2) is 15.0 Å². The van der Waals surface area contributed by atoms with Crippen molar-refractivity contribution in [3.8, 4) is 56.2 Å². The van der Waals surface area contributed by atoms with Crippen molar-refractivity contribution < 1.29 is 8.83 Å². The summed E-state index contributed by atoms with van der Waals surface area (Å²) in [6, 6.07) is 67.9. The summed E-state index contributed by atoms with van der Waals surface area (Å²) in [6.07, 6.45) is 0. The zero-order valence-electron chi connectivity index (χ0n) is 33.5. The summed E-state index contributed by atoms with van der Waals surface area (Å²) in [7, 11) is 0. The first-order valence-electron chi connectivity index (χ1n) is 20.9. The summed E-state index contributed by atoms with van der Waals surface area (Å²) in [4.78, 5) is 14.4. The van der Waals surface area contributed by atoms with Gasteiger partial charge in [-0.25, -0.2) is 4.98 Å². The van der Waals surface area contributed by atoms with Crippen LogP contribution in [0.25, 0.3) is 132 Å². The summed E-state index contributed by atoms with van der Waals surface area (Å²) in [5.41, 5.74) is 11.4. The third-order valence-corrected chi connectivity index (χ3v) is 12.6. The lowest BCUT2D eigenvalue weighted by Crippen LogP contribution is -1.98. The lowest BCUT2D eigenvalue weighted by atomic mass is 9.91. The van der Waals surface area contributed by atoms with Crippen molar-refractivity contribution in [1.82, 2.24) is 15.0 Å². The van der Waals surface area contributed by atoms with Gasteiger partial charge in [-0.15, -0.1) is 0 Å². The van der Waals surface area contributed by atoms with Crippen molar-refractivity contribution in [2.75, 3.05) is 0 Å². The number of halogens is 1. The van der Waals surface area contributed by atoms with E-state index in [1.165, 1.54) is 32.3 Å². The predicted molar refractivity (Wildman–Crippen MR) is 259 cm³/mol. The van der Waals surface area contributed by atoms with E-state index in [-0.39, 0.29) is 5.28 Å². The van der Waals surface area contributed by atoms with Gasteiger partial charge < -0.3 is 8.83 Å². The average Bonchev–Trinajstić information content (AvgIpc) is 3.92. The molecule has 3 heterocycles. The molecule has 0 amide bonds. The molecule has 0 saturated heterocycles. The molecule has 0 radical (unpaired) electrons. The Morgan fingerprint density at radius 3 is 1.48 bits per heavy atom. The molecule has 0 saturated carbocycles. The largest absolute Gasteiger partial charge is 0.456 e. The minimum absolute atomic E-state index is 0.114. The van der Waals surface area contributed by atoms with Crippen LogP contribution in [0.1, 0.15) is 0 Å². The first-order chi connectivity index (χ1) is 31.1. The standard InChI is InChI=1S/C57H32ClN3O2/c58-57-60-55(39-13-8-12-35(29-39)33-10-7-11-34(28-33)36-22-25-44-42-16-2-1-14-40(42)41-15-3-4-17-43(41)48(44)30-36)59-56(61-57)47-19-9-21-52-54(47)49-31-37(24-27-51(49)62-52)38-23-26-46-45-18-5-6-20-50(45)63-53(46)32-38/h1-32H. The first kappa shape index (κ1) is 35.6. The summed E-state index contributed by atoms with van der Waals surface area (Å²) in [6.45, 7) is 0. The predicted octanol–water partition coefficient (Wildman–Crippen LogP) is 16.1. The molecule has 0 atom stereocenters. The Balaban J connectivity index is 0.872. The van der Waals surface area contributed by atoms with E-state index in [2.05, 4.69) is 149 Å². The summed E-state index contributed by atoms with van der Waals surface area (Å²) in [5, 5.41) is 11.7. The molecular formula is C57H32ClN3O2. The highest BCUT2D eigenvalue weighted by atomic mass is 35.5. The second-order valence-corrected chi connectivity index (χ2v) is 16.4. The smallest absolute Gasteiger partial charge is 0.226 e. The van der Waals surface area contributed by atoms with Gasteiger partial charge in [0.25, 0.3) is 0 Å². The third-order valence-electron chi connectivity index (χ3n) is 12.5. The van der Waals surface area contributed by atoms with Crippen LogP contribution in [0.4, 0.5) is 0 Å². The number of furan rings is 2. The minimum Gasteiger partial charge on any atom is -0.456 e. The molecule has 0 aliphatic heterocycles. The number of para-hydroxylation sites is 1. The fourth-order valence-corrected chi connectivity index (χ4v) is 9.66. The molecule has 0 N–H and O–H groups in total. The molecule has 13 aromatic rings. The second-order valence-electron chi connectivity index (χ2n) is 16.1. The van der Waals surface area contributed by atoms with E-state index in [0.717, 1.165) is 88.4 Å². The van der Waals surface area contributed by atoms with Crippen molar-refractivity contribution in [2.45, 2.75) is 0 Å². The van der Waals surface area contributed by atoms with Gasteiger partial charge in [0, 0.05) is 32.7 Å². The number of hydrogen-bond donors (Lipinski definition) is 0. The SMILES string of the molecule is Clc1nc(-c2cccc(-c3cccc(-c4ccc5c6ccccc6c6ccccc6c5c4)c3)c2)nc(-c2cccc3oc4ccc(-c5ccc6c(c5)oc5ccccc56)cc4c23)n1. The maximum atomic E-state index is 6.74. The van der Waals surface area contributed by atoms with Gasteiger partial charge in [-0.05, 0) is 132 Å². The quantitative estimate of drug-likeness (QED) is 0.162.